The number of hydrogen-bond acceptors (Lipinski definition) is 1. The summed E-state index contributed by atoms with van der Waals surface area (Å²) in [5.74, 6) is 0.254. The average Bonchev–Trinajstić information content (AvgIpc) is 2.89. The lowest BCUT2D eigenvalue weighted by molar-refractivity contribution is 0.977. The van der Waals surface area contributed by atoms with Crippen molar-refractivity contribution in [3.8, 4) is 0 Å². The van der Waals surface area contributed by atoms with E-state index in [9.17, 15) is 0 Å². The van der Waals surface area contributed by atoms with Crippen LogP contribution in [0.4, 0.5) is 0 Å². The molecule has 2 aromatic heterocycles. The Morgan fingerprint density at radius 3 is 2.90 bits per heavy atom. The summed E-state index contributed by atoms with van der Waals surface area (Å²) in [5, 5.41) is 1.23. The lowest BCUT2D eigenvalue weighted by atomic mass is 9.90. The predicted molar refractivity (Wildman–Crippen MR) is 84.7 cm³/mol. The summed E-state index contributed by atoms with van der Waals surface area (Å²) in [6.45, 7) is 8.58. The molecule has 0 saturated carbocycles. The van der Waals surface area contributed by atoms with Gasteiger partial charge in [-0.1, -0.05) is 31.7 Å². The summed E-state index contributed by atoms with van der Waals surface area (Å²) in [5.41, 5.74) is 5.93. The number of hydrogen-bond donors (Lipinski definition) is 1. The number of nitrogens with zero attached hydrogens (tertiary/aromatic N) is 1. The molecule has 0 bridgehead atoms. The summed E-state index contributed by atoms with van der Waals surface area (Å²) in [6.07, 6.45) is 5.77. The molecule has 0 aliphatic heterocycles. The molecule has 1 N–H and O–H groups in total. The lowest BCUT2D eigenvalue weighted by Gasteiger charge is -2.14. The second-order valence-electron chi connectivity index (χ2n) is 5.28. The number of pyridine rings is 1. The van der Waals surface area contributed by atoms with Crippen molar-refractivity contribution in [3.63, 3.8) is 0 Å². The number of rotatable bonds is 3. The average molecular weight is 262 g/mol. The normalized spacial score (nSPS) is 12.5. The van der Waals surface area contributed by atoms with Gasteiger partial charge in [-0.3, -0.25) is 4.98 Å². The fraction of sp³-hybridized carbons (Fsp3) is 0.167. The Hall–Kier alpha value is -2.35. The quantitative estimate of drug-likeness (QED) is 0.729. The first-order valence-electron chi connectivity index (χ1n) is 6.83. The fourth-order valence-corrected chi connectivity index (χ4v) is 2.57. The van der Waals surface area contributed by atoms with Gasteiger partial charge in [-0.25, -0.2) is 0 Å². The Balaban J connectivity index is 2.01. The van der Waals surface area contributed by atoms with Crippen LogP contribution < -0.4 is 0 Å². The van der Waals surface area contributed by atoms with Gasteiger partial charge >= 0.3 is 0 Å². The monoisotopic (exact) mass is 262 g/mol. The largest absolute Gasteiger partial charge is 0.361 e. The van der Waals surface area contributed by atoms with E-state index in [4.69, 9.17) is 0 Å². The van der Waals surface area contributed by atoms with Crippen LogP contribution in [-0.2, 0) is 0 Å². The van der Waals surface area contributed by atoms with Crippen molar-refractivity contribution in [2.24, 2.45) is 0 Å². The molecule has 2 heterocycles. The minimum absolute atomic E-state index is 0.254. The molecule has 0 aliphatic rings. The molecule has 0 saturated heterocycles. The van der Waals surface area contributed by atoms with Crippen LogP contribution in [0.2, 0.25) is 0 Å². The first-order chi connectivity index (χ1) is 9.66. The number of nitrogens with one attached hydrogen (secondary N) is 1. The lowest BCUT2D eigenvalue weighted by Crippen LogP contribution is -1.96. The smallest absolute Gasteiger partial charge is 0.0462 e. The topological polar surface area (TPSA) is 28.7 Å². The van der Waals surface area contributed by atoms with Gasteiger partial charge in [-0.2, -0.15) is 0 Å². The van der Waals surface area contributed by atoms with Crippen LogP contribution in [0.15, 0.2) is 55.5 Å². The second kappa shape index (κ2) is 4.97. The maximum Gasteiger partial charge on any atom is 0.0462 e. The molecule has 1 aromatic carbocycles. The Bertz CT molecular complexity index is 753. The van der Waals surface area contributed by atoms with Gasteiger partial charge in [0.25, 0.3) is 0 Å². The zero-order valence-electron chi connectivity index (χ0n) is 11.9. The van der Waals surface area contributed by atoms with Crippen molar-refractivity contribution in [2.75, 3.05) is 0 Å². The molecule has 0 radical (unpaired) electrons. The van der Waals surface area contributed by atoms with Crippen molar-refractivity contribution >= 4 is 16.5 Å². The Kier molecular flexibility index (Phi) is 3.15. The highest BCUT2D eigenvalue weighted by Gasteiger charge is 2.14. The molecule has 0 aliphatic carbocycles. The molecule has 0 fully saturated rings. The van der Waals surface area contributed by atoms with E-state index in [0.717, 1.165) is 5.57 Å². The van der Waals surface area contributed by atoms with Crippen molar-refractivity contribution in [1.29, 1.82) is 0 Å². The summed E-state index contributed by atoms with van der Waals surface area (Å²) >= 11 is 0. The summed E-state index contributed by atoms with van der Waals surface area (Å²) < 4.78 is 0. The van der Waals surface area contributed by atoms with Crippen LogP contribution in [0.1, 0.15) is 29.5 Å². The first-order valence-corrected chi connectivity index (χ1v) is 6.83. The molecule has 2 heteroatoms. The minimum atomic E-state index is 0.254. The van der Waals surface area contributed by atoms with Gasteiger partial charge in [-0.15, -0.1) is 0 Å². The predicted octanol–water partition coefficient (Wildman–Crippen LogP) is 4.69. The third kappa shape index (κ3) is 2.14. The van der Waals surface area contributed by atoms with E-state index in [1.807, 2.05) is 12.3 Å². The fourth-order valence-electron chi connectivity index (χ4n) is 2.57. The number of fused-ring (bicyclic) bond motifs is 1. The van der Waals surface area contributed by atoms with Gasteiger partial charge < -0.3 is 4.98 Å². The van der Waals surface area contributed by atoms with E-state index < -0.39 is 0 Å². The second-order valence-corrected chi connectivity index (χ2v) is 5.28. The molecule has 0 amide bonds. The summed E-state index contributed by atoms with van der Waals surface area (Å²) in [4.78, 5) is 7.53. The molecular weight excluding hydrogens is 244 g/mol. The molecule has 100 valence electrons. The summed E-state index contributed by atoms with van der Waals surface area (Å²) in [6, 6.07) is 10.5. The molecule has 1 atom stereocenters. The van der Waals surface area contributed by atoms with Crippen molar-refractivity contribution in [1.82, 2.24) is 9.97 Å². The van der Waals surface area contributed by atoms with Crippen LogP contribution in [0.3, 0.4) is 0 Å². The van der Waals surface area contributed by atoms with Crippen LogP contribution in [0.25, 0.3) is 16.5 Å². The highest BCUT2D eigenvalue weighted by Crippen LogP contribution is 2.34. The van der Waals surface area contributed by atoms with Gasteiger partial charge in [0.15, 0.2) is 0 Å². The maximum atomic E-state index is 4.30. The molecule has 3 rings (SSSR count). The van der Waals surface area contributed by atoms with Crippen LogP contribution >= 0.6 is 0 Å². The van der Waals surface area contributed by atoms with Crippen molar-refractivity contribution in [2.45, 2.75) is 19.8 Å². The van der Waals surface area contributed by atoms with Gasteiger partial charge in [0, 0.05) is 41.0 Å². The van der Waals surface area contributed by atoms with E-state index >= 15 is 0 Å². The number of aromatic amines is 1. The van der Waals surface area contributed by atoms with Crippen LogP contribution in [0.5, 0.6) is 0 Å². The number of allylic oxidation sites excluding steroid dienone is 1. The molecular formula is C18H18N2. The SMILES string of the molecule is C=C(c1c[nH]c2cc(C)ccc12)C(C)c1cccnc1. The maximum absolute atomic E-state index is 4.30. The van der Waals surface area contributed by atoms with Crippen LogP contribution in [0, 0.1) is 6.92 Å². The van der Waals surface area contributed by atoms with E-state index in [-0.39, 0.29) is 5.92 Å². The number of aromatic nitrogens is 2. The molecule has 2 nitrogen and oxygen atoms in total. The molecule has 20 heavy (non-hydrogen) atoms. The zero-order valence-corrected chi connectivity index (χ0v) is 11.9. The van der Waals surface area contributed by atoms with Gasteiger partial charge in [0.05, 0.1) is 0 Å². The third-order valence-corrected chi connectivity index (χ3v) is 3.89. The number of H-pyrrole nitrogens is 1. The Morgan fingerprint density at radius 1 is 1.30 bits per heavy atom. The Labute approximate surface area is 119 Å². The highest BCUT2D eigenvalue weighted by atomic mass is 14.7. The van der Waals surface area contributed by atoms with Gasteiger partial charge in [0.1, 0.15) is 0 Å². The van der Waals surface area contributed by atoms with Crippen molar-refractivity contribution in [3.05, 3.63) is 72.2 Å². The van der Waals surface area contributed by atoms with Crippen LogP contribution in [-0.4, -0.2) is 9.97 Å². The minimum Gasteiger partial charge on any atom is -0.361 e. The standard InChI is InChI=1S/C18H18N2/c1-12-6-7-16-17(11-20-18(16)9-12)14(3)13(2)15-5-4-8-19-10-15/h4-11,13,20H,3H2,1-2H3. The van der Waals surface area contributed by atoms with E-state index in [0.29, 0.717) is 0 Å². The Morgan fingerprint density at radius 2 is 2.15 bits per heavy atom. The first kappa shape index (κ1) is 12.7. The summed E-state index contributed by atoms with van der Waals surface area (Å²) in [7, 11) is 0. The van der Waals surface area contributed by atoms with Crippen molar-refractivity contribution < 1.29 is 0 Å². The highest BCUT2D eigenvalue weighted by molar-refractivity contribution is 5.93. The van der Waals surface area contributed by atoms with Gasteiger partial charge in [0.2, 0.25) is 0 Å². The molecule has 1 unspecified atom stereocenters. The number of aryl methyl sites for hydroxylation is 1. The molecule has 0 spiro atoms. The van der Waals surface area contributed by atoms with Gasteiger partial charge in [-0.05, 0) is 35.8 Å². The number of benzene rings is 1. The van der Waals surface area contributed by atoms with E-state index in [2.05, 4.69) is 60.9 Å². The zero-order chi connectivity index (χ0) is 14.1. The van der Waals surface area contributed by atoms with E-state index in [1.54, 1.807) is 6.20 Å². The van der Waals surface area contributed by atoms with E-state index in [1.165, 1.54) is 27.6 Å². The third-order valence-electron chi connectivity index (χ3n) is 3.89. The molecule has 3 aromatic rings.